The van der Waals surface area contributed by atoms with Gasteiger partial charge in [-0.3, -0.25) is 14.5 Å². The summed E-state index contributed by atoms with van der Waals surface area (Å²) in [6.45, 7) is 6.33. The Bertz CT molecular complexity index is 308. The summed E-state index contributed by atoms with van der Waals surface area (Å²) < 4.78 is 5.12. The largest absolute Gasteiger partial charge is 0.462 e. The molecule has 6 heteroatoms. The van der Waals surface area contributed by atoms with Gasteiger partial charge in [0.2, 0.25) is 5.91 Å². The standard InChI is InChI=1S/C13H25N3O3/c1-10(2)19-12(17)9-16-7-3-4-11(8-16)13(18)15-6-5-14/h10-11H,3-9,14H2,1-2H3,(H,15,18). The summed E-state index contributed by atoms with van der Waals surface area (Å²) in [5, 5.41) is 2.80. The molecule has 1 rings (SSSR count). The van der Waals surface area contributed by atoms with Crippen LogP contribution in [-0.2, 0) is 14.3 Å². The van der Waals surface area contributed by atoms with E-state index in [0.29, 0.717) is 19.6 Å². The summed E-state index contributed by atoms with van der Waals surface area (Å²) in [7, 11) is 0. The maximum absolute atomic E-state index is 11.9. The van der Waals surface area contributed by atoms with Gasteiger partial charge < -0.3 is 15.8 Å². The third kappa shape index (κ3) is 6.02. The smallest absolute Gasteiger partial charge is 0.320 e. The first-order valence-corrected chi connectivity index (χ1v) is 6.92. The molecule has 1 amide bonds. The van der Waals surface area contributed by atoms with Crippen LogP contribution in [0, 0.1) is 5.92 Å². The van der Waals surface area contributed by atoms with Crippen LogP contribution in [0.25, 0.3) is 0 Å². The first-order valence-electron chi connectivity index (χ1n) is 6.92. The van der Waals surface area contributed by atoms with E-state index in [-0.39, 0.29) is 30.4 Å². The Kier molecular flexibility index (Phi) is 6.80. The van der Waals surface area contributed by atoms with E-state index in [9.17, 15) is 9.59 Å². The van der Waals surface area contributed by atoms with E-state index < -0.39 is 0 Å². The van der Waals surface area contributed by atoms with E-state index in [4.69, 9.17) is 10.5 Å². The van der Waals surface area contributed by atoms with Crippen molar-refractivity contribution in [3.8, 4) is 0 Å². The second-order valence-corrected chi connectivity index (χ2v) is 5.19. The topological polar surface area (TPSA) is 84.7 Å². The lowest BCUT2D eigenvalue weighted by Gasteiger charge is -2.31. The first kappa shape index (κ1) is 15.9. The van der Waals surface area contributed by atoms with Gasteiger partial charge in [-0.15, -0.1) is 0 Å². The SMILES string of the molecule is CC(C)OC(=O)CN1CCCC(C(=O)NCCN)C1. The Morgan fingerprint density at radius 3 is 2.84 bits per heavy atom. The monoisotopic (exact) mass is 271 g/mol. The van der Waals surface area contributed by atoms with Crippen molar-refractivity contribution in [3.63, 3.8) is 0 Å². The maximum Gasteiger partial charge on any atom is 0.320 e. The van der Waals surface area contributed by atoms with E-state index in [2.05, 4.69) is 5.32 Å². The van der Waals surface area contributed by atoms with Crippen LogP contribution in [0.3, 0.4) is 0 Å². The number of nitrogens with zero attached hydrogens (tertiary/aromatic N) is 1. The molecule has 1 fully saturated rings. The molecule has 1 unspecified atom stereocenters. The minimum absolute atomic E-state index is 0.0346. The molecule has 0 aromatic heterocycles. The molecule has 1 atom stereocenters. The van der Waals surface area contributed by atoms with Crippen LogP contribution in [0.2, 0.25) is 0 Å². The summed E-state index contributed by atoms with van der Waals surface area (Å²) in [5.41, 5.74) is 5.36. The number of esters is 1. The summed E-state index contributed by atoms with van der Waals surface area (Å²) in [6.07, 6.45) is 1.70. The van der Waals surface area contributed by atoms with Crippen molar-refractivity contribution < 1.29 is 14.3 Å². The zero-order chi connectivity index (χ0) is 14.3. The fraction of sp³-hybridized carbons (Fsp3) is 0.846. The van der Waals surface area contributed by atoms with Crippen molar-refractivity contribution in [1.82, 2.24) is 10.2 Å². The number of nitrogens with one attached hydrogen (secondary N) is 1. The highest BCUT2D eigenvalue weighted by Crippen LogP contribution is 2.16. The highest BCUT2D eigenvalue weighted by molar-refractivity contribution is 5.79. The Labute approximate surface area is 114 Å². The average Bonchev–Trinajstić information content (AvgIpc) is 2.35. The number of piperidine rings is 1. The van der Waals surface area contributed by atoms with Gasteiger partial charge in [0.15, 0.2) is 0 Å². The van der Waals surface area contributed by atoms with Crippen LogP contribution in [0.4, 0.5) is 0 Å². The summed E-state index contributed by atoms with van der Waals surface area (Å²) in [5.74, 6) is -0.238. The summed E-state index contributed by atoms with van der Waals surface area (Å²) in [4.78, 5) is 25.4. The van der Waals surface area contributed by atoms with Gasteiger partial charge in [-0.1, -0.05) is 0 Å². The molecule has 0 radical (unpaired) electrons. The first-order chi connectivity index (χ1) is 9.02. The van der Waals surface area contributed by atoms with Crippen LogP contribution < -0.4 is 11.1 Å². The maximum atomic E-state index is 11.9. The van der Waals surface area contributed by atoms with Gasteiger partial charge in [-0.25, -0.2) is 0 Å². The van der Waals surface area contributed by atoms with Gasteiger partial charge >= 0.3 is 5.97 Å². The van der Waals surface area contributed by atoms with Gasteiger partial charge in [0, 0.05) is 19.6 Å². The lowest BCUT2D eigenvalue weighted by atomic mass is 9.97. The lowest BCUT2D eigenvalue weighted by molar-refractivity contribution is -0.149. The molecule has 19 heavy (non-hydrogen) atoms. The number of carbonyl (C=O) groups excluding carboxylic acids is 2. The van der Waals surface area contributed by atoms with Crippen LogP contribution in [0.1, 0.15) is 26.7 Å². The minimum Gasteiger partial charge on any atom is -0.462 e. The average molecular weight is 271 g/mol. The molecule has 1 heterocycles. The molecule has 0 saturated carbocycles. The van der Waals surface area contributed by atoms with Crippen LogP contribution in [0.5, 0.6) is 0 Å². The molecule has 6 nitrogen and oxygen atoms in total. The van der Waals surface area contributed by atoms with Gasteiger partial charge in [-0.05, 0) is 33.2 Å². The number of ether oxygens (including phenoxy) is 1. The molecule has 0 aromatic rings. The molecule has 1 aliphatic rings. The predicted molar refractivity (Wildman–Crippen MR) is 72.5 cm³/mol. The van der Waals surface area contributed by atoms with Crippen molar-refractivity contribution in [1.29, 1.82) is 0 Å². The number of hydrogen-bond donors (Lipinski definition) is 2. The third-order valence-corrected chi connectivity index (χ3v) is 3.04. The minimum atomic E-state index is -0.224. The molecule has 3 N–H and O–H groups in total. The molecule has 0 aliphatic carbocycles. The number of hydrogen-bond acceptors (Lipinski definition) is 5. The molecule has 0 bridgehead atoms. The van der Waals surface area contributed by atoms with Gasteiger partial charge in [0.25, 0.3) is 0 Å². The summed E-state index contributed by atoms with van der Waals surface area (Å²) >= 11 is 0. The zero-order valence-corrected chi connectivity index (χ0v) is 11.9. The Hall–Kier alpha value is -1.14. The Morgan fingerprint density at radius 2 is 2.21 bits per heavy atom. The van der Waals surface area contributed by atoms with Crippen LogP contribution in [-0.4, -0.2) is 55.6 Å². The molecule has 110 valence electrons. The lowest BCUT2D eigenvalue weighted by Crippen LogP contribution is -2.45. The highest BCUT2D eigenvalue weighted by atomic mass is 16.5. The fourth-order valence-corrected chi connectivity index (χ4v) is 2.24. The molecular formula is C13H25N3O3. The van der Waals surface area contributed by atoms with Crippen molar-refractivity contribution in [2.24, 2.45) is 11.7 Å². The van der Waals surface area contributed by atoms with Crippen molar-refractivity contribution >= 4 is 11.9 Å². The van der Waals surface area contributed by atoms with Crippen molar-refractivity contribution in [3.05, 3.63) is 0 Å². The number of likely N-dealkylation sites (tertiary alicyclic amines) is 1. The number of rotatable bonds is 6. The van der Waals surface area contributed by atoms with Crippen molar-refractivity contribution in [2.45, 2.75) is 32.8 Å². The molecular weight excluding hydrogens is 246 g/mol. The van der Waals surface area contributed by atoms with E-state index in [1.165, 1.54) is 0 Å². The Balaban J connectivity index is 2.37. The van der Waals surface area contributed by atoms with E-state index in [1.807, 2.05) is 18.7 Å². The van der Waals surface area contributed by atoms with Crippen LogP contribution in [0.15, 0.2) is 0 Å². The van der Waals surface area contributed by atoms with E-state index >= 15 is 0 Å². The number of amides is 1. The number of nitrogens with two attached hydrogens (primary N) is 1. The normalized spacial score (nSPS) is 20.3. The fourth-order valence-electron chi connectivity index (χ4n) is 2.24. The highest BCUT2D eigenvalue weighted by Gasteiger charge is 2.26. The predicted octanol–water partition coefficient (Wildman–Crippen LogP) is -0.275. The van der Waals surface area contributed by atoms with Gasteiger partial charge in [0.05, 0.1) is 18.6 Å². The van der Waals surface area contributed by atoms with E-state index in [0.717, 1.165) is 19.4 Å². The van der Waals surface area contributed by atoms with Gasteiger partial charge in [0.1, 0.15) is 0 Å². The molecule has 0 spiro atoms. The molecule has 0 aromatic carbocycles. The zero-order valence-electron chi connectivity index (χ0n) is 11.9. The van der Waals surface area contributed by atoms with Gasteiger partial charge in [-0.2, -0.15) is 0 Å². The third-order valence-electron chi connectivity index (χ3n) is 3.04. The van der Waals surface area contributed by atoms with Crippen LogP contribution >= 0.6 is 0 Å². The second-order valence-electron chi connectivity index (χ2n) is 5.19. The molecule has 1 saturated heterocycles. The number of carbonyl (C=O) groups is 2. The quantitative estimate of drug-likeness (QED) is 0.649. The van der Waals surface area contributed by atoms with E-state index in [1.54, 1.807) is 0 Å². The Morgan fingerprint density at radius 1 is 1.47 bits per heavy atom. The summed E-state index contributed by atoms with van der Waals surface area (Å²) in [6, 6.07) is 0. The second kappa shape index (κ2) is 8.12. The van der Waals surface area contributed by atoms with Crippen molar-refractivity contribution in [2.75, 3.05) is 32.7 Å². The molecule has 1 aliphatic heterocycles.